The van der Waals surface area contributed by atoms with Crippen molar-refractivity contribution in [3.05, 3.63) is 64.1 Å². The number of carbonyl (C=O) groups is 1. The van der Waals surface area contributed by atoms with Crippen LogP contribution in [0.25, 0.3) is 5.65 Å². The molecule has 0 aliphatic carbocycles. The van der Waals surface area contributed by atoms with Crippen LogP contribution in [0.1, 0.15) is 21.7 Å². The number of alkyl halides is 3. The van der Waals surface area contributed by atoms with E-state index in [-0.39, 0.29) is 28.6 Å². The Morgan fingerprint density at radius 2 is 1.77 bits per heavy atom. The molecular weight excluding hydrogens is 383 g/mol. The summed E-state index contributed by atoms with van der Waals surface area (Å²) >= 11 is 5.78. The molecule has 2 aromatic heterocycles. The molecule has 2 heterocycles. The van der Waals surface area contributed by atoms with Gasteiger partial charge in [-0.3, -0.25) is 9.20 Å². The molecule has 3 rings (SSSR count). The summed E-state index contributed by atoms with van der Waals surface area (Å²) in [5, 5.41) is 9.38. The van der Waals surface area contributed by atoms with E-state index in [1.807, 2.05) is 0 Å². The quantitative estimate of drug-likeness (QED) is 0.695. The number of hydrogen-bond acceptors (Lipinski definition) is 3. The number of fused-ring (bicyclic) bond motifs is 1. The Kier molecular flexibility index (Phi) is 4.53. The highest BCUT2D eigenvalue weighted by Gasteiger charge is 2.32. The Hall–Kier alpha value is -2.75. The predicted molar refractivity (Wildman–Crippen MR) is 80.5 cm³/mol. The SMILES string of the molecule is O=C(NCc1nnc2c(Cl)cc(C(F)(F)F)cn12)c1cc(F)cc(F)c1. The highest BCUT2D eigenvalue weighted by Crippen LogP contribution is 2.32. The Bertz CT molecular complexity index is 981. The van der Waals surface area contributed by atoms with Gasteiger partial charge in [-0.1, -0.05) is 11.6 Å². The van der Waals surface area contributed by atoms with Crippen molar-refractivity contribution in [3.8, 4) is 0 Å². The Morgan fingerprint density at radius 3 is 2.38 bits per heavy atom. The van der Waals surface area contributed by atoms with Gasteiger partial charge in [-0.2, -0.15) is 13.2 Å². The molecule has 0 unspecified atom stereocenters. The molecule has 0 spiro atoms. The zero-order valence-electron chi connectivity index (χ0n) is 12.6. The van der Waals surface area contributed by atoms with Crippen LogP contribution in [0, 0.1) is 11.6 Å². The van der Waals surface area contributed by atoms with Crippen molar-refractivity contribution in [2.24, 2.45) is 0 Å². The van der Waals surface area contributed by atoms with E-state index in [2.05, 4.69) is 15.5 Å². The molecule has 0 radical (unpaired) electrons. The maximum absolute atomic E-state index is 13.1. The molecule has 0 saturated carbocycles. The van der Waals surface area contributed by atoms with E-state index >= 15 is 0 Å². The van der Waals surface area contributed by atoms with Gasteiger partial charge in [-0.05, 0) is 18.2 Å². The maximum Gasteiger partial charge on any atom is 0.417 e. The summed E-state index contributed by atoms with van der Waals surface area (Å²) in [7, 11) is 0. The van der Waals surface area contributed by atoms with Gasteiger partial charge < -0.3 is 5.32 Å². The fourth-order valence-corrected chi connectivity index (χ4v) is 2.47. The zero-order valence-corrected chi connectivity index (χ0v) is 13.4. The molecule has 1 aromatic carbocycles. The average molecular weight is 391 g/mol. The molecule has 5 nitrogen and oxygen atoms in total. The summed E-state index contributed by atoms with van der Waals surface area (Å²) < 4.78 is 65.9. The number of carbonyl (C=O) groups excluding carboxylic acids is 1. The molecule has 0 aliphatic rings. The number of halogens is 6. The Labute approximate surface area is 147 Å². The lowest BCUT2D eigenvalue weighted by molar-refractivity contribution is -0.137. The van der Waals surface area contributed by atoms with Crippen LogP contribution >= 0.6 is 11.6 Å². The van der Waals surface area contributed by atoms with Crippen molar-refractivity contribution in [2.45, 2.75) is 12.7 Å². The van der Waals surface area contributed by atoms with Crippen molar-refractivity contribution < 1.29 is 26.7 Å². The second kappa shape index (κ2) is 6.52. The van der Waals surface area contributed by atoms with Crippen LogP contribution in [-0.2, 0) is 12.7 Å². The van der Waals surface area contributed by atoms with E-state index in [1.165, 1.54) is 0 Å². The molecule has 1 amide bonds. The average Bonchev–Trinajstić information content (AvgIpc) is 2.94. The van der Waals surface area contributed by atoms with Crippen LogP contribution < -0.4 is 5.32 Å². The van der Waals surface area contributed by atoms with Crippen molar-refractivity contribution in [1.29, 1.82) is 0 Å². The van der Waals surface area contributed by atoms with Gasteiger partial charge in [0.25, 0.3) is 5.91 Å². The molecule has 3 aromatic rings. The Balaban J connectivity index is 1.87. The number of nitrogens with one attached hydrogen (secondary N) is 1. The number of nitrogens with zero attached hydrogens (tertiary/aromatic N) is 3. The fourth-order valence-electron chi connectivity index (χ4n) is 2.22. The third-order valence-corrected chi connectivity index (χ3v) is 3.67. The van der Waals surface area contributed by atoms with Gasteiger partial charge >= 0.3 is 6.18 Å². The molecule has 1 N–H and O–H groups in total. The first kappa shape index (κ1) is 18.1. The summed E-state index contributed by atoms with van der Waals surface area (Å²) in [5.41, 5.74) is -1.33. The zero-order chi connectivity index (χ0) is 19.1. The first-order chi connectivity index (χ1) is 12.1. The summed E-state index contributed by atoms with van der Waals surface area (Å²) in [4.78, 5) is 12.0. The van der Waals surface area contributed by atoms with Gasteiger partial charge in [0, 0.05) is 17.8 Å². The molecule has 0 saturated heterocycles. The number of rotatable bonds is 3. The lowest BCUT2D eigenvalue weighted by Gasteiger charge is -2.09. The summed E-state index contributed by atoms with van der Waals surface area (Å²) in [6, 6.07) is 2.95. The third-order valence-electron chi connectivity index (χ3n) is 3.39. The van der Waals surface area contributed by atoms with E-state index in [9.17, 15) is 26.7 Å². The van der Waals surface area contributed by atoms with Crippen molar-refractivity contribution in [2.75, 3.05) is 0 Å². The van der Waals surface area contributed by atoms with Gasteiger partial charge in [-0.15, -0.1) is 10.2 Å². The van der Waals surface area contributed by atoms with Crippen LogP contribution in [0.2, 0.25) is 5.02 Å². The molecule has 0 aliphatic heterocycles. The van der Waals surface area contributed by atoms with Crippen LogP contribution in [0.3, 0.4) is 0 Å². The third kappa shape index (κ3) is 3.59. The van der Waals surface area contributed by atoms with Gasteiger partial charge in [0.15, 0.2) is 11.5 Å². The highest BCUT2D eigenvalue weighted by molar-refractivity contribution is 6.33. The minimum atomic E-state index is -4.64. The summed E-state index contributed by atoms with van der Waals surface area (Å²) in [6.07, 6.45) is -3.90. The van der Waals surface area contributed by atoms with E-state index in [0.717, 1.165) is 22.7 Å². The van der Waals surface area contributed by atoms with E-state index in [0.29, 0.717) is 12.1 Å². The highest BCUT2D eigenvalue weighted by atomic mass is 35.5. The van der Waals surface area contributed by atoms with Crippen LogP contribution in [0.15, 0.2) is 30.5 Å². The normalized spacial score (nSPS) is 11.8. The van der Waals surface area contributed by atoms with Gasteiger partial charge in [-0.25, -0.2) is 8.78 Å². The lowest BCUT2D eigenvalue weighted by Crippen LogP contribution is -2.24. The Morgan fingerprint density at radius 1 is 1.12 bits per heavy atom. The van der Waals surface area contributed by atoms with Gasteiger partial charge in [0.1, 0.15) is 11.6 Å². The minimum Gasteiger partial charge on any atom is -0.345 e. The monoisotopic (exact) mass is 390 g/mol. The largest absolute Gasteiger partial charge is 0.417 e. The van der Waals surface area contributed by atoms with E-state index in [1.54, 1.807) is 0 Å². The molecule has 0 fully saturated rings. The molecule has 0 atom stereocenters. The number of benzene rings is 1. The van der Waals surface area contributed by atoms with Gasteiger partial charge in [0.05, 0.1) is 17.1 Å². The van der Waals surface area contributed by atoms with Gasteiger partial charge in [0.2, 0.25) is 0 Å². The molecule has 11 heteroatoms. The summed E-state index contributed by atoms with van der Waals surface area (Å²) in [6.45, 7) is -0.338. The summed E-state index contributed by atoms with van der Waals surface area (Å²) in [5.74, 6) is -2.76. The topological polar surface area (TPSA) is 59.3 Å². The van der Waals surface area contributed by atoms with Crippen molar-refractivity contribution in [3.63, 3.8) is 0 Å². The standard InChI is InChI=1S/C15H8ClF5N4O/c16-11-3-8(15(19,20)21)6-25-12(23-24-13(11)25)5-22-14(26)7-1-9(17)4-10(18)2-7/h1-4,6H,5H2,(H,22,26). The van der Waals surface area contributed by atoms with E-state index < -0.39 is 29.3 Å². The second-order valence-electron chi connectivity index (χ2n) is 5.23. The number of amides is 1. The molecular formula is C15H8ClF5N4O. The van der Waals surface area contributed by atoms with Crippen molar-refractivity contribution in [1.82, 2.24) is 19.9 Å². The number of pyridine rings is 1. The van der Waals surface area contributed by atoms with Crippen LogP contribution in [-0.4, -0.2) is 20.5 Å². The van der Waals surface area contributed by atoms with E-state index in [4.69, 9.17) is 11.6 Å². The minimum absolute atomic E-state index is 0.0271. The first-order valence-electron chi connectivity index (χ1n) is 7.00. The molecule has 26 heavy (non-hydrogen) atoms. The fraction of sp³-hybridized carbons (Fsp3) is 0.133. The second-order valence-corrected chi connectivity index (χ2v) is 5.63. The van der Waals surface area contributed by atoms with Crippen LogP contribution in [0.5, 0.6) is 0 Å². The molecule has 0 bridgehead atoms. The number of hydrogen-bond donors (Lipinski definition) is 1. The smallest absolute Gasteiger partial charge is 0.345 e. The number of aromatic nitrogens is 3. The molecule has 136 valence electrons. The first-order valence-corrected chi connectivity index (χ1v) is 7.37. The van der Waals surface area contributed by atoms with Crippen LogP contribution in [0.4, 0.5) is 22.0 Å². The predicted octanol–water partition coefficient (Wildman–Crippen LogP) is 3.61. The maximum atomic E-state index is 13.1. The van der Waals surface area contributed by atoms with Crippen molar-refractivity contribution >= 4 is 23.2 Å². The lowest BCUT2D eigenvalue weighted by atomic mass is 10.2.